The van der Waals surface area contributed by atoms with Crippen LogP contribution in [-0.2, 0) is 4.79 Å². The Kier molecular flexibility index (Phi) is 4.55. The minimum atomic E-state index is 0.109. The first-order valence-electron chi connectivity index (χ1n) is 5.15. The average Bonchev–Trinajstić information content (AvgIpc) is 2.29. The zero-order valence-electron chi connectivity index (χ0n) is 9.07. The SMILES string of the molecule is C=C/C=C(\C=C/C)C(=O)C1=CC=CCC1. The molecule has 1 aliphatic rings. The molecule has 0 aromatic heterocycles. The number of ketones is 1. The standard InChI is InChI=1S/C14H16O/c1-3-8-12(9-4-2)14(15)13-10-6-5-7-11-13/h3-6,8-10H,1,7,11H2,2H3/b9-4-,12-8+. The van der Waals surface area contributed by atoms with Gasteiger partial charge in [-0.15, -0.1) is 0 Å². The molecule has 1 nitrogen and oxygen atoms in total. The maximum atomic E-state index is 12.0. The van der Waals surface area contributed by atoms with E-state index in [1.54, 1.807) is 12.2 Å². The average molecular weight is 200 g/mol. The van der Waals surface area contributed by atoms with Crippen LogP contribution in [0.1, 0.15) is 19.8 Å². The molecule has 0 spiro atoms. The van der Waals surface area contributed by atoms with Crippen LogP contribution in [0.25, 0.3) is 0 Å². The molecule has 0 aliphatic heterocycles. The van der Waals surface area contributed by atoms with Gasteiger partial charge in [0.1, 0.15) is 0 Å². The quantitative estimate of drug-likeness (QED) is 0.501. The lowest BCUT2D eigenvalue weighted by atomic mass is 9.96. The molecule has 0 saturated heterocycles. The highest BCUT2D eigenvalue weighted by atomic mass is 16.1. The van der Waals surface area contributed by atoms with Gasteiger partial charge in [-0.1, -0.05) is 49.1 Å². The molecule has 0 saturated carbocycles. The lowest BCUT2D eigenvalue weighted by Gasteiger charge is -2.08. The smallest absolute Gasteiger partial charge is 0.189 e. The summed E-state index contributed by atoms with van der Waals surface area (Å²) in [7, 11) is 0. The lowest BCUT2D eigenvalue weighted by Crippen LogP contribution is -2.06. The highest BCUT2D eigenvalue weighted by molar-refractivity contribution is 6.10. The maximum Gasteiger partial charge on any atom is 0.189 e. The van der Waals surface area contributed by atoms with Crippen molar-refractivity contribution >= 4 is 5.78 Å². The van der Waals surface area contributed by atoms with Crippen LogP contribution in [0.4, 0.5) is 0 Å². The third-order valence-electron chi connectivity index (χ3n) is 2.21. The van der Waals surface area contributed by atoms with Gasteiger partial charge in [0.05, 0.1) is 0 Å². The second-order valence-corrected chi connectivity index (χ2v) is 3.35. The van der Waals surface area contributed by atoms with Crippen molar-refractivity contribution in [1.82, 2.24) is 0 Å². The summed E-state index contributed by atoms with van der Waals surface area (Å²) in [6, 6.07) is 0. The number of allylic oxidation sites excluding steroid dienone is 9. The summed E-state index contributed by atoms with van der Waals surface area (Å²) >= 11 is 0. The monoisotopic (exact) mass is 200 g/mol. The van der Waals surface area contributed by atoms with Gasteiger partial charge in [-0.05, 0) is 19.8 Å². The Hall–Kier alpha value is -1.63. The van der Waals surface area contributed by atoms with E-state index in [1.165, 1.54) is 0 Å². The molecule has 1 aliphatic carbocycles. The Balaban J connectivity index is 2.90. The van der Waals surface area contributed by atoms with Crippen LogP contribution >= 0.6 is 0 Å². The first-order chi connectivity index (χ1) is 7.29. The predicted octanol–water partition coefficient (Wildman–Crippen LogP) is 3.52. The Morgan fingerprint density at radius 1 is 1.53 bits per heavy atom. The van der Waals surface area contributed by atoms with Crippen molar-refractivity contribution in [1.29, 1.82) is 0 Å². The van der Waals surface area contributed by atoms with Crippen molar-refractivity contribution < 1.29 is 4.79 Å². The molecule has 0 heterocycles. The fraction of sp³-hybridized carbons (Fsp3) is 0.214. The minimum Gasteiger partial charge on any atom is -0.289 e. The Morgan fingerprint density at radius 3 is 2.87 bits per heavy atom. The molecule has 15 heavy (non-hydrogen) atoms. The third kappa shape index (κ3) is 3.21. The largest absolute Gasteiger partial charge is 0.289 e. The van der Waals surface area contributed by atoms with E-state index < -0.39 is 0 Å². The van der Waals surface area contributed by atoms with Crippen molar-refractivity contribution in [3.05, 3.63) is 60.3 Å². The number of carbonyl (C=O) groups is 1. The summed E-state index contributed by atoms with van der Waals surface area (Å²) in [6.45, 7) is 5.52. The summed E-state index contributed by atoms with van der Waals surface area (Å²) < 4.78 is 0. The number of carbonyl (C=O) groups excluding carboxylic acids is 1. The van der Waals surface area contributed by atoms with Gasteiger partial charge in [0, 0.05) is 11.1 Å². The highest BCUT2D eigenvalue weighted by Crippen LogP contribution is 2.17. The fourth-order valence-electron chi connectivity index (χ4n) is 1.49. The van der Waals surface area contributed by atoms with Gasteiger partial charge >= 0.3 is 0 Å². The molecular formula is C14H16O. The van der Waals surface area contributed by atoms with Gasteiger partial charge in [-0.2, -0.15) is 0 Å². The van der Waals surface area contributed by atoms with Gasteiger partial charge in [0.25, 0.3) is 0 Å². The van der Waals surface area contributed by atoms with E-state index >= 15 is 0 Å². The summed E-state index contributed by atoms with van der Waals surface area (Å²) in [5.74, 6) is 0.109. The van der Waals surface area contributed by atoms with Crippen molar-refractivity contribution in [2.45, 2.75) is 19.8 Å². The van der Waals surface area contributed by atoms with E-state index in [0.29, 0.717) is 5.57 Å². The third-order valence-corrected chi connectivity index (χ3v) is 2.21. The molecule has 0 radical (unpaired) electrons. The van der Waals surface area contributed by atoms with E-state index in [-0.39, 0.29) is 5.78 Å². The van der Waals surface area contributed by atoms with Crippen LogP contribution in [0.15, 0.2) is 60.3 Å². The molecule has 0 unspecified atom stereocenters. The fourth-order valence-corrected chi connectivity index (χ4v) is 1.49. The lowest BCUT2D eigenvalue weighted by molar-refractivity contribution is -0.112. The first-order valence-corrected chi connectivity index (χ1v) is 5.15. The molecule has 0 aromatic rings. The van der Waals surface area contributed by atoms with Crippen LogP contribution in [0.5, 0.6) is 0 Å². The molecular weight excluding hydrogens is 184 g/mol. The number of rotatable bonds is 4. The van der Waals surface area contributed by atoms with Gasteiger partial charge in [-0.25, -0.2) is 0 Å². The van der Waals surface area contributed by atoms with Gasteiger partial charge < -0.3 is 0 Å². The molecule has 1 rings (SSSR count). The van der Waals surface area contributed by atoms with Crippen LogP contribution in [-0.4, -0.2) is 5.78 Å². The molecule has 78 valence electrons. The van der Waals surface area contributed by atoms with E-state index in [2.05, 4.69) is 12.7 Å². The van der Waals surface area contributed by atoms with Crippen molar-refractivity contribution in [2.24, 2.45) is 0 Å². The van der Waals surface area contributed by atoms with Crippen LogP contribution in [0.3, 0.4) is 0 Å². The highest BCUT2D eigenvalue weighted by Gasteiger charge is 2.12. The molecule has 0 bridgehead atoms. The topological polar surface area (TPSA) is 17.1 Å². The minimum absolute atomic E-state index is 0.109. The molecule has 0 amide bonds. The molecule has 0 aromatic carbocycles. The van der Waals surface area contributed by atoms with E-state index in [4.69, 9.17) is 0 Å². The summed E-state index contributed by atoms with van der Waals surface area (Å²) in [4.78, 5) is 12.0. The first kappa shape index (κ1) is 11.4. The van der Waals surface area contributed by atoms with Crippen LogP contribution in [0, 0.1) is 0 Å². The second-order valence-electron chi connectivity index (χ2n) is 3.35. The molecule has 1 heteroatoms. The summed E-state index contributed by atoms with van der Waals surface area (Å²) in [5.41, 5.74) is 1.58. The zero-order valence-corrected chi connectivity index (χ0v) is 9.07. The van der Waals surface area contributed by atoms with Gasteiger partial charge in [0.15, 0.2) is 5.78 Å². The summed E-state index contributed by atoms with van der Waals surface area (Å²) in [5, 5.41) is 0. The van der Waals surface area contributed by atoms with Crippen molar-refractivity contribution in [3.8, 4) is 0 Å². The number of Topliss-reactive ketones (excluding diaryl/α,β-unsaturated/α-hetero) is 1. The second kappa shape index (κ2) is 5.97. The van der Waals surface area contributed by atoms with Gasteiger partial charge in [-0.3, -0.25) is 4.79 Å². The number of hydrogen-bond acceptors (Lipinski definition) is 1. The Morgan fingerprint density at radius 2 is 2.33 bits per heavy atom. The van der Waals surface area contributed by atoms with Crippen LogP contribution < -0.4 is 0 Å². The maximum absolute atomic E-state index is 12.0. The predicted molar refractivity (Wildman–Crippen MR) is 64.6 cm³/mol. The van der Waals surface area contributed by atoms with E-state index in [0.717, 1.165) is 18.4 Å². The zero-order chi connectivity index (χ0) is 11.1. The number of hydrogen-bond donors (Lipinski definition) is 0. The van der Waals surface area contributed by atoms with Crippen molar-refractivity contribution in [3.63, 3.8) is 0 Å². The Labute approximate surface area is 91.2 Å². The molecule has 0 fully saturated rings. The van der Waals surface area contributed by atoms with E-state index in [9.17, 15) is 4.79 Å². The summed E-state index contributed by atoms with van der Waals surface area (Å²) in [6.07, 6.45) is 14.8. The molecule has 0 N–H and O–H groups in total. The van der Waals surface area contributed by atoms with Crippen molar-refractivity contribution in [2.75, 3.05) is 0 Å². The Bertz CT molecular complexity index is 365. The van der Waals surface area contributed by atoms with E-state index in [1.807, 2.05) is 31.2 Å². The normalized spacial score (nSPS) is 16.6. The van der Waals surface area contributed by atoms with Crippen LogP contribution in [0.2, 0.25) is 0 Å². The van der Waals surface area contributed by atoms with Gasteiger partial charge in [0.2, 0.25) is 0 Å². The molecule has 0 atom stereocenters.